The Morgan fingerprint density at radius 1 is 1.41 bits per heavy atom. The molecule has 0 spiro atoms. The van der Waals surface area contributed by atoms with E-state index in [1.54, 1.807) is 0 Å². The van der Waals surface area contributed by atoms with Crippen molar-refractivity contribution in [3.05, 3.63) is 22.7 Å². The Morgan fingerprint density at radius 3 is 2.59 bits per heavy atom. The molecule has 0 bridgehead atoms. The molecule has 1 aromatic heterocycles. The lowest BCUT2D eigenvalue weighted by molar-refractivity contribution is -0.0802. The fourth-order valence-electron chi connectivity index (χ4n) is 2.20. The Hall–Kier alpha value is -1.33. The van der Waals surface area contributed by atoms with Crippen molar-refractivity contribution in [1.29, 1.82) is 0 Å². The van der Waals surface area contributed by atoms with Crippen LogP contribution in [0.25, 0.3) is 0 Å². The van der Waals surface area contributed by atoms with Crippen molar-refractivity contribution in [2.45, 2.75) is 30.6 Å². The van der Waals surface area contributed by atoms with E-state index in [2.05, 4.69) is 4.98 Å². The molecule has 22 heavy (non-hydrogen) atoms. The lowest BCUT2D eigenvalue weighted by Gasteiger charge is -2.21. The number of anilines is 1. The number of nitrogens with zero attached hydrogens (tertiary/aromatic N) is 2. The Balaban J connectivity index is 2.23. The van der Waals surface area contributed by atoms with Crippen LogP contribution in [0.5, 0.6) is 0 Å². The van der Waals surface area contributed by atoms with Crippen LogP contribution in [-0.4, -0.2) is 65.2 Å². The Kier molecular flexibility index (Phi) is 4.68. The van der Waals surface area contributed by atoms with Crippen LogP contribution in [0.4, 0.5) is 5.82 Å². The van der Waals surface area contributed by atoms with Gasteiger partial charge in [-0.15, -0.1) is 0 Å². The van der Waals surface area contributed by atoms with Crippen LogP contribution < -0.4 is 11.4 Å². The lowest BCUT2D eigenvalue weighted by Crippen LogP contribution is -2.40. The first kappa shape index (κ1) is 17.0. The van der Waals surface area contributed by atoms with E-state index in [-0.39, 0.29) is 5.82 Å². The lowest BCUT2D eigenvalue weighted by atomic mass is 10.1. The summed E-state index contributed by atoms with van der Waals surface area (Å²) < 4.78 is 16.9. The molecule has 2 heterocycles. The van der Waals surface area contributed by atoms with Crippen molar-refractivity contribution in [1.82, 2.24) is 9.55 Å². The molecule has 7 N–H and O–H groups in total. The summed E-state index contributed by atoms with van der Waals surface area (Å²) in [7, 11) is -4.55. The van der Waals surface area contributed by atoms with Gasteiger partial charge in [-0.1, -0.05) is 0 Å². The highest BCUT2D eigenvalue weighted by molar-refractivity contribution is 7.51. The van der Waals surface area contributed by atoms with Crippen LogP contribution in [0.2, 0.25) is 0 Å². The van der Waals surface area contributed by atoms with Gasteiger partial charge in [0, 0.05) is 6.20 Å². The quantitative estimate of drug-likeness (QED) is 0.308. The monoisotopic (exact) mass is 337 g/mol. The van der Waals surface area contributed by atoms with Crippen LogP contribution in [0, 0.1) is 0 Å². The van der Waals surface area contributed by atoms with Gasteiger partial charge in [0.1, 0.15) is 24.1 Å². The second kappa shape index (κ2) is 6.05. The van der Waals surface area contributed by atoms with Crippen molar-refractivity contribution in [2.75, 3.05) is 11.9 Å². The first-order valence-electron chi connectivity index (χ1n) is 6.19. The Bertz CT molecular complexity index is 645. The van der Waals surface area contributed by atoms with Gasteiger partial charge in [0.05, 0.1) is 12.3 Å². The van der Waals surface area contributed by atoms with Crippen molar-refractivity contribution in [3.8, 4) is 0 Å². The van der Waals surface area contributed by atoms with E-state index in [0.717, 1.165) is 4.57 Å². The summed E-state index contributed by atoms with van der Waals surface area (Å²) in [5.41, 5.74) is 4.48. The number of hydrogen-bond acceptors (Lipinski definition) is 8. The van der Waals surface area contributed by atoms with Gasteiger partial charge in [-0.2, -0.15) is 4.98 Å². The average Bonchev–Trinajstić information content (AvgIpc) is 2.65. The smallest absolute Gasteiger partial charge is 0.351 e. The summed E-state index contributed by atoms with van der Waals surface area (Å²) in [5.74, 6) is -0.0487. The maximum atomic E-state index is 11.7. The standard InChI is InChI=1S/C10H16N3O8P/c11-5-1-2-13(10(17)12-5)9-7(16)6(15)8(21-9)4(14)3-22(18,19)20/h1-2,4,6-9,14-16H,3H2,(H2,11,12,17)(H2,18,19,20)/t4-,6-,7+,8+,9+/m0/s1. The van der Waals surface area contributed by atoms with Gasteiger partial charge >= 0.3 is 13.3 Å². The van der Waals surface area contributed by atoms with Gasteiger partial charge in [0.25, 0.3) is 0 Å². The minimum Gasteiger partial charge on any atom is -0.390 e. The van der Waals surface area contributed by atoms with Crippen LogP contribution in [0.1, 0.15) is 6.23 Å². The molecule has 0 amide bonds. The van der Waals surface area contributed by atoms with E-state index < -0.39 is 50.1 Å². The number of nitrogens with two attached hydrogens (primary N) is 1. The summed E-state index contributed by atoms with van der Waals surface area (Å²) in [6.45, 7) is 0. The van der Waals surface area contributed by atoms with Gasteiger partial charge in [0.2, 0.25) is 0 Å². The third-order valence-corrected chi connectivity index (χ3v) is 4.05. The first-order valence-corrected chi connectivity index (χ1v) is 7.99. The number of nitrogen functional groups attached to an aromatic ring is 1. The van der Waals surface area contributed by atoms with Crippen LogP contribution in [0.3, 0.4) is 0 Å². The Morgan fingerprint density at radius 2 is 2.05 bits per heavy atom. The third-order valence-electron chi connectivity index (χ3n) is 3.21. The highest BCUT2D eigenvalue weighted by Crippen LogP contribution is 2.39. The highest BCUT2D eigenvalue weighted by atomic mass is 31.2. The fraction of sp³-hybridized carbons (Fsp3) is 0.600. The number of aliphatic hydroxyl groups excluding tert-OH is 3. The van der Waals surface area contributed by atoms with Crippen LogP contribution >= 0.6 is 7.60 Å². The molecule has 0 aliphatic carbocycles. The molecule has 1 aromatic rings. The van der Waals surface area contributed by atoms with Gasteiger partial charge in [-0.25, -0.2) is 4.79 Å². The minimum absolute atomic E-state index is 0.0487. The highest BCUT2D eigenvalue weighted by Gasteiger charge is 2.48. The summed E-state index contributed by atoms with van der Waals surface area (Å²) in [5, 5.41) is 29.5. The maximum absolute atomic E-state index is 11.7. The first-order chi connectivity index (χ1) is 10.1. The largest absolute Gasteiger partial charge is 0.390 e. The normalized spacial score (nSPS) is 30.4. The molecule has 5 atom stereocenters. The predicted octanol–water partition coefficient (Wildman–Crippen LogP) is -3.02. The van der Waals surface area contributed by atoms with Gasteiger partial charge in [-0.05, 0) is 6.07 Å². The molecule has 124 valence electrons. The zero-order chi connectivity index (χ0) is 16.7. The second-order valence-corrected chi connectivity index (χ2v) is 6.62. The molecule has 0 radical (unpaired) electrons. The molecule has 2 rings (SSSR count). The van der Waals surface area contributed by atoms with Crippen LogP contribution in [0.15, 0.2) is 17.1 Å². The number of ether oxygens (including phenoxy) is 1. The molecule has 12 heteroatoms. The minimum atomic E-state index is -4.55. The predicted molar refractivity (Wildman–Crippen MR) is 71.8 cm³/mol. The number of aliphatic hydroxyl groups is 3. The molecule has 1 fully saturated rings. The Labute approximate surface area is 123 Å². The third kappa shape index (κ3) is 3.52. The number of hydrogen-bond donors (Lipinski definition) is 6. The summed E-state index contributed by atoms with van der Waals surface area (Å²) in [4.78, 5) is 32.8. The van der Waals surface area contributed by atoms with Gasteiger partial charge in [-0.3, -0.25) is 9.13 Å². The van der Waals surface area contributed by atoms with Crippen LogP contribution in [-0.2, 0) is 9.30 Å². The molecule has 11 nitrogen and oxygen atoms in total. The van der Waals surface area contributed by atoms with E-state index >= 15 is 0 Å². The van der Waals surface area contributed by atoms with Crippen molar-refractivity contribution >= 4 is 13.4 Å². The summed E-state index contributed by atoms with van der Waals surface area (Å²) in [6.07, 6.45) is -7.58. The molecule has 0 aromatic carbocycles. The maximum Gasteiger partial charge on any atom is 0.351 e. The molecule has 0 saturated carbocycles. The van der Waals surface area contributed by atoms with Gasteiger partial charge < -0.3 is 35.6 Å². The molecular weight excluding hydrogens is 321 g/mol. The molecular formula is C10H16N3O8P. The SMILES string of the molecule is Nc1ccn([C@@H]2O[C@H]([C@@H](O)CP(=O)(O)O)[C@@H](O)[C@H]2O)c(=O)n1. The van der Waals surface area contributed by atoms with E-state index in [4.69, 9.17) is 20.3 Å². The van der Waals surface area contributed by atoms with Crippen molar-refractivity contribution in [2.24, 2.45) is 0 Å². The summed E-state index contributed by atoms with van der Waals surface area (Å²) in [6, 6.07) is 1.27. The topological polar surface area (TPSA) is 188 Å². The van der Waals surface area contributed by atoms with Crippen molar-refractivity contribution in [3.63, 3.8) is 0 Å². The molecule has 1 aliphatic rings. The summed E-state index contributed by atoms with van der Waals surface area (Å²) >= 11 is 0. The molecule has 1 aliphatic heterocycles. The zero-order valence-corrected chi connectivity index (χ0v) is 12.0. The average molecular weight is 337 g/mol. The number of aromatic nitrogens is 2. The van der Waals surface area contributed by atoms with E-state index in [9.17, 15) is 24.7 Å². The van der Waals surface area contributed by atoms with Crippen molar-refractivity contribution < 1.29 is 34.4 Å². The van der Waals surface area contributed by atoms with Gasteiger partial charge in [0.15, 0.2) is 6.23 Å². The second-order valence-electron chi connectivity index (χ2n) is 4.93. The van der Waals surface area contributed by atoms with E-state index in [0.29, 0.717) is 0 Å². The molecule has 1 saturated heterocycles. The van der Waals surface area contributed by atoms with E-state index in [1.807, 2.05) is 0 Å². The van der Waals surface area contributed by atoms with E-state index in [1.165, 1.54) is 12.3 Å². The fourth-order valence-corrected chi connectivity index (χ4v) is 2.90. The molecule has 0 unspecified atom stereocenters. The zero-order valence-electron chi connectivity index (χ0n) is 11.1. The number of rotatable bonds is 4.